The van der Waals surface area contributed by atoms with E-state index in [1.165, 1.54) is 39.3 Å². The van der Waals surface area contributed by atoms with E-state index in [0.717, 1.165) is 12.6 Å². The minimum Gasteiger partial charge on any atom is -0.383 e. The van der Waals surface area contributed by atoms with Crippen molar-refractivity contribution in [3.05, 3.63) is 0 Å². The summed E-state index contributed by atoms with van der Waals surface area (Å²) < 4.78 is 5.20. The highest BCUT2D eigenvalue weighted by molar-refractivity contribution is 4.88. The Morgan fingerprint density at radius 1 is 1.27 bits per heavy atom. The molecule has 1 unspecified atom stereocenters. The first-order chi connectivity index (χ1) is 7.31. The van der Waals surface area contributed by atoms with Gasteiger partial charge in [0.2, 0.25) is 0 Å². The monoisotopic (exact) mass is 213 g/mol. The Labute approximate surface area is 92.6 Å². The van der Waals surface area contributed by atoms with Gasteiger partial charge < -0.3 is 10.1 Å². The van der Waals surface area contributed by atoms with Crippen LogP contribution in [0.1, 0.15) is 6.92 Å². The molecular formula is C11H23N3O. The van der Waals surface area contributed by atoms with E-state index in [2.05, 4.69) is 22.0 Å². The molecule has 2 heterocycles. The molecular weight excluding hydrogens is 190 g/mol. The Morgan fingerprint density at radius 2 is 1.93 bits per heavy atom. The standard InChI is InChI=1S/C11H23N3O/c1-10(9-15-2)13-3-5-14(6-4-13)11-7-12-8-11/h10-12H,3-9H2,1-2H3. The molecule has 2 saturated heterocycles. The molecule has 2 rings (SSSR count). The summed E-state index contributed by atoms with van der Waals surface area (Å²) in [5.41, 5.74) is 0. The van der Waals surface area contributed by atoms with Gasteiger partial charge in [-0.2, -0.15) is 0 Å². The first-order valence-electron chi connectivity index (χ1n) is 5.99. The summed E-state index contributed by atoms with van der Waals surface area (Å²) in [4.78, 5) is 5.15. The Kier molecular flexibility index (Phi) is 3.97. The van der Waals surface area contributed by atoms with Crippen LogP contribution in [0.3, 0.4) is 0 Å². The Hall–Kier alpha value is -0.160. The summed E-state index contributed by atoms with van der Waals surface area (Å²) >= 11 is 0. The average molecular weight is 213 g/mol. The predicted octanol–water partition coefficient (Wildman–Crippen LogP) is -0.389. The van der Waals surface area contributed by atoms with Crippen molar-refractivity contribution in [3.8, 4) is 0 Å². The fourth-order valence-corrected chi connectivity index (χ4v) is 2.42. The van der Waals surface area contributed by atoms with E-state index in [-0.39, 0.29) is 0 Å². The molecule has 0 amide bonds. The summed E-state index contributed by atoms with van der Waals surface area (Å²) in [6, 6.07) is 1.38. The van der Waals surface area contributed by atoms with Gasteiger partial charge in [-0.25, -0.2) is 0 Å². The van der Waals surface area contributed by atoms with Gasteiger partial charge in [0, 0.05) is 58.5 Å². The first-order valence-corrected chi connectivity index (χ1v) is 5.99. The van der Waals surface area contributed by atoms with Crippen LogP contribution in [0.15, 0.2) is 0 Å². The van der Waals surface area contributed by atoms with Crippen molar-refractivity contribution in [2.75, 3.05) is 53.0 Å². The van der Waals surface area contributed by atoms with Gasteiger partial charge in [-0.3, -0.25) is 9.80 Å². The van der Waals surface area contributed by atoms with E-state index in [4.69, 9.17) is 4.74 Å². The summed E-state index contributed by atoms with van der Waals surface area (Å²) in [5.74, 6) is 0. The largest absolute Gasteiger partial charge is 0.383 e. The van der Waals surface area contributed by atoms with E-state index in [1.807, 2.05) is 0 Å². The maximum atomic E-state index is 5.20. The van der Waals surface area contributed by atoms with Gasteiger partial charge in [0.15, 0.2) is 0 Å². The van der Waals surface area contributed by atoms with Crippen LogP contribution in [0.5, 0.6) is 0 Å². The summed E-state index contributed by atoms with van der Waals surface area (Å²) in [6.45, 7) is 10.3. The maximum absolute atomic E-state index is 5.20. The summed E-state index contributed by atoms with van der Waals surface area (Å²) in [6.07, 6.45) is 0. The number of hydrogen-bond donors (Lipinski definition) is 1. The Morgan fingerprint density at radius 3 is 2.40 bits per heavy atom. The van der Waals surface area contributed by atoms with Gasteiger partial charge in [0.05, 0.1) is 6.61 Å². The van der Waals surface area contributed by atoms with Gasteiger partial charge in [-0.1, -0.05) is 0 Å². The minimum absolute atomic E-state index is 0.566. The van der Waals surface area contributed by atoms with E-state index in [0.29, 0.717) is 6.04 Å². The van der Waals surface area contributed by atoms with Gasteiger partial charge in [-0.05, 0) is 6.92 Å². The van der Waals surface area contributed by atoms with Gasteiger partial charge in [-0.15, -0.1) is 0 Å². The van der Waals surface area contributed by atoms with Crippen molar-refractivity contribution in [2.45, 2.75) is 19.0 Å². The number of hydrogen-bond acceptors (Lipinski definition) is 4. The lowest BCUT2D eigenvalue weighted by Gasteiger charge is -2.44. The van der Waals surface area contributed by atoms with E-state index in [1.54, 1.807) is 7.11 Å². The molecule has 0 aromatic heterocycles. The molecule has 0 saturated carbocycles. The van der Waals surface area contributed by atoms with Crippen LogP contribution < -0.4 is 5.32 Å². The number of nitrogens with one attached hydrogen (secondary N) is 1. The zero-order valence-electron chi connectivity index (χ0n) is 9.91. The smallest absolute Gasteiger partial charge is 0.0615 e. The van der Waals surface area contributed by atoms with Crippen molar-refractivity contribution >= 4 is 0 Å². The number of ether oxygens (including phenoxy) is 1. The highest BCUT2D eigenvalue weighted by Gasteiger charge is 2.28. The molecule has 0 radical (unpaired) electrons. The molecule has 0 aromatic carbocycles. The molecule has 0 bridgehead atoms. The number of piperazine rings is 1. The van der Waals surface area contributed by atoms with Gasteiger partial charge in [0.1, 0.15) is 0 Å². The van der Waals surface area contributed by atoms with Gasteiger partial charge in [0.25, 0.3) is 0 Å². The number of nitrogens with zero attached hydrogens (tertiary/aromatic N) is 2. The molecule has 1 atom stereocenters. The Bertz CT molecular complexity index is 188. The molecule has 2 aliphatic rings. The lowest BCUT2D eigenvalue weighted by atomic mass is 10.1. The van der Waals surface area contributed by atoms with E-state index >= 15 is 0 Å². The van der Waals surface area contributed by atoms with Crippen molar-refractivity contribution < 1.29 is 4.74 Å². The number of methoxy groups -OCH3 is 1. The minimum atomic E-state index is 0.566. The zero-order valence-corrected chi connectivity index (χ0v) is 9.91. The van der Waals surface area contributed by atoms with Crippen LogP contribution in [0, 0.1) is 0 Å². The highest BCUT2D eigenvalue weighted by atomic mass is 16.5. The fourth-order valence-electron chi connectivity index (χ4n) is 2.42. The summed E-state index contributed by atoms with van der Waals surface area (Å²) in [7, 11) is 1.78. The third-order valence-corrected chi connectivity index (χ3v) is 3.66. The molecule has 4 heteroatoms. The molecule has 0 aliphatic carbocycles. The second-order valence-corrected chi connectivity index (χ2v) is 4.69. The lowest BCUT2D eigenvalue weighted by molar-refractivity contribution is 0.0314. The zero-order chi connectivity index (χ0) is 10.7. The third kappa shape index (κ3) is 2.69. The van der Waals surface area contributed by atoms with E-state index < -0.39 is 0 Å². The average Bonchev–Trinajstić information content (AvgIpc) is 2.16. The summed E-state index contributed by atoms with van der Waals surface area (Å²) in [5, 5.41) is 3.34. The Balaban J connectivity index is 1.71. The predicted molar refractivity (Wildman–Crippen MR) is 61.1 cm³/mol. The second kappa shape index (κ2) is 5.25. The quantitative estimate of drug-likeness (QED) is 0.688. The molecule has 2 fully saturated rings. The van der Waals surface area contributed by atoms with Crippen molar-refractivity contribution in [1.82, 2.24) is 15.1 Å². The van der Waals surface area contributed by atoms with Crippen LogP contribution in [-0.4, -0.2) is 74.9 Å². The van der Waals surface area contributed by atoms with Gasteiger partial charge >= 0.3 is 0 Å². The molecule has 4 nitrogen and oxygen atoms in total. The number of rotatable bonds is 4. The molecule has 15 heavy (non-hydrogen) atoms. The SMILES string of the molecule is COCC(C)N1CCN(C2CNC2)CC1. The topological polar surface area (TPSA) is 27.7 Å². The maximum Gasteiger partial charge on any atom is 0.0615 e. The first kappa shape index (κ1) is 11.3. The van der Waals surface area contributed by atoms with Crippen LogP contribution in [0.25, 0.3) is 0 Å². The fraction of sp³-hybridized carbons (Fsp3) is 1.00. The molecule has 88 valence electrons. The van der Waals surface area contributed by atoms with E-state index in [9.17, 15) is 0 Å². The second-order valence-electron chi connectivity index (χ2n) is 4.69. The van der Waals surface area contributed by atoms with Crippen LogP contribution in [0.4, 0.5) is 0 Å². The lowest BCUT2D eigenvalue weighted by Crippen LogP contribution is -2.62. The van der Waals surface area contributed by atoms with Crippen molar-refractivity contribution in [3.63, 3.8) is 0 Å². The molecule has 0 aromatic rings. The molecule has 2 aliphatic heterocycles. The third-order valence-electron chi connectivity index (χ3n) is 3.66. The van der Waals surface area contributed by atoms with Crippen LogP contribution in [-0.2, 0) is 4.74 Å². The van der Waals surface area contributed by atoms with Crippen molar-refractivity contribution in [1.29, 1.82) is 0 Å². The van der Waals surface area contributed by atoms with Crippen LogP contribution >= 0.6 is 0 Å². The highest BCUT2D eigenvalue weighted by Crippen LogP contribution is 2.11. The normalized spacial score (nSPS) is 27.6. The molecule has 0 spiro atoms. The molecule has 1 N–H and O–H groups in total. The van der Waals surface area contributed by atoms with Crippen molar-refractivity contribution in [2.24, 2.45) is 0 Å². The van der Waals surface area contributed by atoms with Crippen LogP contribution in [0.2, 0.25) is 0 Å².